The molecule has 0 amide bonds. The third-order valence-electron chi connectivity index (χ3n) is 12.3. The fourth-order valence-corrected chi connectivity index (χ4v) is 7.98. The molecule has 0 rings (SSSR count). The lowest BCUT2D eigenvalue weighted by Gasteiger charge is -2.18. The maximum absolute atomic E-state index is 12.9. The molecule has 0 saturated carbocycles. The summed E-state index contributed by atoms with van der Waals surface area (Å²) in [5, 5.41) is 0. The molecule has 390 valence electrons. The van der Waals surface area contributed by atoms with E-state index in [-0.39, 0.29) is 31.1 Å². The van der Waals surface area contributed by atoms with Crippen molar-refractivity contribution in [2.24, 2.45) is 0 Å². The van der Waals surface area contributed by atoms with Crippen LogP contribution >= 0.6 is 0 Å². The van der Waals surface area contributed by atoms with Gasteiger partial charge in [-0.2, -0.15) is 0 Å². The van der Waals surface area contributed by atoms with E-state index in [1.54, 1.807) is 0 Å². The molecule has 0 radical (unpaired) electrons. The summed E-state index contributed by atoms with van der Waals surface area (Å²) in [5.41, 5.74) is 0. The van der Waals surface area contributed by atoms with Gasteiger partial charge in [-0.25, -0.2) is 0 Å². The fourth-order valence-electron chi connectivity index (χ4n) is 7.98. The Morgan fingerprint density at radius 2 is 0.574 bits per heavy atom. The molecule has 1 atom stereocenters. The summed E-state index contributed by atoms with van der Waals surface area (Å²) in [7, 11) is 0. The lowest BCUT2D eigenvalue weighted by atomic mass is 10.0. The molecule has 68 heavy (non-hydrogen) atoms. The van der Waals surface area contributed by atoms with Crippen LogP contribution in [0.25, 0.3) is 0 Å². The van der Waals surface area contributed by atoms with Crippen LogP contribution in [0.5, 0.6) is 0 Å². The van der Waals surface area contributed by atoms with Crippen molar-refractivity contribution in [2.45, 2.75) is 277 Å². The minimum atomic E-state index is -0.794. The van der Waals surface area contributed by atoms with Crippen molar-refractivity contribution in [3.05, 3.63) is 85.1 Å². The van der Waals surface area contributed by atoms with Crippen LogP contribution in [0.15, 0.2) is 85.1 Å². The number of ether oxygens (including phenoxy) is 3. The topological polar surface area (TPSA) is 78.9 Å². The summed E-state index contributed by atoms with van der Waals surface area (Å²) in [6.45, 7) is 6.45. The Labute approximate surface area is 420 Å². The molecule has 6 nitrogen and oxygen atoms in total. The van der Waals surface area contributed by atoms with E-state index in [9.17, 15) is 14.4 Å². The van der Waals surface area contributed by atoms with E-state index in [1.807, 2.05) is 48.6 Å². The van der Waals surface area contributed by atoms with E-state index >= 15 is 0 Å². The normalized spacial score (nSPS) is 12.7. The standard InChI is InChI=1S/C62H106O6/c1-4-7-10-13-16-19-22-25-28-30-31-32-35-37-40-43-46-49-52-55-61(64)67-58-59(57-66-60(63)54-51-48-45-42-39-36-33-27-24-21-18-15-12-9-6-3)68-62(65)56-53-50-47-44-41-38-34-29-26-23-20-17-14-11-8-5-2/h9,12,15-16,18-19,21-22,24-25,27,33,36,39,59H,4-8,10-11,13-14,17,20,23,26,28-32,34-35,37-38,40-58H2,1-3H3/b12-9-,18-15-,19-16-,24-21-,25-22-,33-27-,39-36-. The van der Waals surface area contributed by atoms with E-state index in [0.717, 1.165) is 70.6 Å². The molecule has 0 aromatic rings. The largest absolute Gasteiger partial charge is 0.462 e. The molecule has 0 aromatic heterocycles. The highest BCUT2D eigenvalue weighted by Gasteiger charge is 2.19. The smallest absolute Gasteiger partial charge is 0.306 e. The highest BCUT2D eigenvalue weighted by atomic mass is 16.6. The van der Waals surface area contributed by atoms with Gasteiger partial charge < -0.3 is 14.2 Å². The van der Waals surface area contributed by atoms with Crippen molar-refractivity contribution in [1.82, 2.24) is 0 Å². The van der Waals surface area contributed by atoms with Gasteiger partial charge in [-0.1, -0.05) is 273 Å². The van der Waals surface area contributed by atoms with Gasteiger partial charge in [0.05, 0.1) is 0 Å². The molecule has 0 aliphatic carbocycles. The average molecular weight is 948 g/mol. The first-order chi connectivity index (χ1) is 33.5. The average Bonchev–Trinajstić information content (AvgIpc) is 3.34. The molecule has 0 N–H and O–H groups in total. The Hall–Kier alpha value is -3.41. The van der Waals surface area contributed by atoms with E-state index in [1.165, 1.54) is 161 Å². The predicted octanol–water partition coefficient (Wildman–Crippen LogP) is 19.2. The number of unbranched alkanes of at least 4 members (excludes halogenated alkanes) is 31. The maximum atomic E-state index is 12.9. The van der Waals surface area contributed by atoms with Crippen LogP contribution in [0.1, 0.15) is 271 Å². The molecular formula is C62H106O6. The van der Waals surface area contributed by atoms with Crippen LogP contribution in [0.4, 0.5) is 0 Å². The molecule has 0 aromatic carbocycles. The molecule has 0 saturated heterocycles. The number of carbonyl (C=O) groups excluding carboxylic acids is 3. The summed E-state index contributed by atoms with van der Waals surface area (Å²) >= 11 is 0. The lowest BCUT2D eigenvalue weighted by Crippen LogP contribution is -2.30. The van der Waals surface area contributed by atoms with Gasteiger partial charge in [0, 0.05) is 19.3 Å². The van der Waals surface area contributed by atoms with Gasteiger partial charge >= 0.3 is 17.9 Å². The summed E-state index contributed by atoms with van der Waals surface area (Å²) < 4.78 is 16.8. The van der Waals surface area contributed by atoms with Gasteiger partial charge in [0.25, 0.3) is 0 Å². The Morgan fingerprint density at radius 1 is 0.309 bits per heavy atom. The van der Waals surface area contributed by atoms with Gasteiger partial charge in [-0.05, 0) is 64.2 Å². The molecule has 0 heterocycles. The van der Waals surface area contributed by atoms with Gasteiger partial charge in [-0.3, -0.25) is 14.4 Å². The zero-order valence-electron chi connectivity index (χ0n) is 44.6. The van der Waals surface area contributed by atoms with Crippen molar-refractivity contribution in [3.63, 3.8) is 0 Å². The SMILES string of the molecule is CC\C=C/C=C\C=C/C=C\C=C/CCCCCC(=O)OCC(COC(=O)CCCCCCCCCCCC/C=C\C=C/CCCCC)OC(=O)CCCCCCCCCCCCCCCCCC. The summed E-state index contributed by atoms with van der Waals surface area (Å²) in [6.07, 6.45) is 72.8. The molecule has 1 unspecified atom stereocenters. The third-order valence-corrected chi connectivity index (χ3v) is 12.3. The minimum absolute atomic E-state index is 0.0904. The molecule has 0 fully saturated rings. The first kappa shape index (κ1) is 64.6. The van der Waals surface area contributed by atoms with Gasteiger partial charge in [-0.15, -0.1) is 0 Å². The highest BCUT2D eigenvalue weighted by molar-refractivity contribution is 5.71. The lowest BCUT2D eigenvalue weighted by molar-refractivity contribution is -0.167. The molecule has 0 aliphatic heterocycles. The summed E-state index contributed by atoms with van der Waals surface area (Å²) in [4.78, 5) is 38.1. The Bertz CT molecular complexity index is 1320. The van der Waals surface area contributed by atoms with Crippen LogP contribution in [-0.4, -0.2) is 37.2 Å². The number of esters is 3. The maximum Gasteiger partial charge on any atom is 0.306 e. The Morgan fingerprint density at radius 3 is 0.956 bits per heavy atom. The van der Waals surface area contributed by atoms with E-state index in [0.29, 0.717) is 19.3 Å². The number of carbonyl (C=O) groups is 3. The quantitative estimate of drug-likeness (QED) is 0.0262. The van der Waals surface area contributed by atoms with Crippen molar-refractivity contribution >= 4 is 17.9 Å². The van der Waals surface area contributed by atoms with Crippen LogP contribution in [-0.2, 0) is 28.6 Å². The van der Waals surface area contributed by atoms with Gasteiger partial charge in [0.1, 0.15) is 13.2 Å². The van der Waals surface area contributed by atoms with Crippen LogP contribution in [0, 0.1) is 0 Å². The molecule has 0 bridgehead atoms. The molecule has 0 spiro atoms. The molecule has 0 aliphatic rings. The van der Waals surface area contributed by atoms with Gasteiger partial charge in [0.2, 0.25) is 0 Å². The third kappa shape index (κ3) is 53.5. The van der Waals surface area contributed by atoms with Crippen LogP contribution < -0.4 is 0 Å². The number of hydrogen-bond donors (Lipinski definition) is 0. The second-order valence-electron chi connectivity index (χ2n) is 19.0. The minimum Gasteiger partial charge on any atom is -0.462 e. The number of hydrogen-bond acceptors (Lipinski definition) is 6. The van der Waals surface area contributed by atoms with E-state index in [2.05, 4.69) is 57.2 Å². The second-order valence-corrected chi connectivity index (χ2v) is 19.0. The van der Waals surface area contributed by atoms with Crippen molar-refractivity contribution < 1.29 is 28.6 Å². The fraction of sp³-hybridized carbons (Fsp3) is 0.726. The van der Waals surface area contributed by atoms with Crippen molar-refractivity contribution in [2.75, 3.05) is 13.2 Å². The number of rotatable bonds is 51. The Kier molecular flexibility index (Phi) is 53.4. The zero-order valence-corrected chi connectivity index (χ0v) is 44.6. The van der Waals surface area contributed by atoms with Crippen LogP contribution in [0.3, 0.4) is 0 Å². The molecule has 6 heteroatoms. The summed E-state index contributed by atoms with van der Waals surface area (Å²) in [6, 6.07) is 0. The number of allylic oxidation sites excluding steroid dienone is 14. The van der Waals surface area contributed by atoms with Gasteiger partial charge in [0.15, 0.2) is 6.10 Å². The molecular weight excluding hydrogens is 841 g/mol. The first-order valence-electron chi connectivity index (χ1n) is 28.7. The van der Waals surface area contributed by atoms with Crippen LogP contribution in [0.2, 0.25) is 0 Å². The van der Waals surface area contributed by atoms with E-state index in [4.69, 9.17) is 14.2 Å². The Balaban J connectivity index is 4.42. The monoisotopic (exact) mass is 947 g/mol. The first-order valence-corrected chi connectivity index (χ1v) is 28.7. The predicted molar refractivity (Wildman–Crippen MR) is 293 cm³/mol. The zero-order chi connectivity index (χ0) is 49.3. The highest BCUT2D eigenvalue weighted by Crippen LogP contribution is 2.16. The van der Waals surface area contributed by atoms with Crippen molar-refractivity contribution in [3.8, 4) is 0 Å². The van der Waals surface area contributed by atoms with Crippen molar-refractivity contribution in [1.29, 1.82) is 0 Å². The second kappa shape index (κ2) is 56.2. The van der Waals surface area contributed by atoms with E-state index < -0.39 is 6.10 Å². The summed E-state index contributed by atoms with van der Waals surface area (Å²) in [5.74, 6) is -0.928.